The molecule has 0 aliphatic carbocycles. The minimum absolute atomic E-state index is 0.193. The van der Waals surface area contributed by atoms with Gasteiger partial charge in [0.05, 0.1) is 24.6 Å². The van der Waals surface area contributed by atoms with Crippen molar-refractivity contribution >= 4 is 17.7 Å². The smallest absolute Gasteiger partial charge is 0.255 e. The highest BCUT2D eigenvalue weighted by molar-refractivity contribution is 7.98. The third-order valence-corrected chi connectivity index (χ3v) is 5.02. The van der Waals surface area contributed by atoms with Crippen LogP contribution in [0.2, 0.25) is 0 Å². The van der Waals surface area contributed by atoms with Crippen LogP contribution in [0.15, 0.2) is 54.7 Å². The van der Waals surface area contributed by atoms with Gasteiger partial charge in [-0.2, -0.15) is 16.9 Å². The Morgan fingerprint density at radius 3 is 2.74 bits per heavy atom. The number of hydrogen-bond acceptors (Lipinski definition) is 4. The molecule has 2 N–H and O–H groups in total. The molecule has 1 heterocycles. The number of benzene rings is 2. The number of amides is 1. The van der Waals surface area contributed by atoms with Gasteiger partial charge in [-0.3, -0.25) is 9.89 Å². The maximum absolute atomic E-state index is 13.6. The number of carbonyl (C=O) groups excluding carboxylic acids is 1. The Morgan fingerprint density at radius 2 is 2.00 bits per heavy atom. The summed E-state index contributed by atoms with van der Waals surface area (Å²) in [5, 5.41) is 9.74. The van der Waals surface area contributed by atoms with Gasteiger partial charge in [0.25, 0.3) is 5.91 Å². The molecule has 0 bridgehead atoms. The van der Waals surface area contributed by atoms with Gasteiger partial charge in [-0.05, 0) is 35.9 Å². The number of ether oxygens (including phenoxy) is 1. The molecule has 0 saturated heterocycles. The second-order valence-corrected chi connectivity index (χ2v) is 6.89. The minimum Gasteiger partial charge on any atom is -0.497 e. The van der Waals surface area contributed by atoms with Gasteiger partial charge in [0.15, 0.2) is 0 Å². The summed E-state index contributed by atoms with van der Waals surface area (Å²) < 4.78 is 18.7. The fourth-order valence-electron chi connectivity index (χ4n) is 2.57. The van der Waals surface area contributed by atoms with E-state index in [-0.39, 0.29) is 11.7 Å². The Labute approximate surface area is 161 Å². The highest BCUT2D eigenvalue weighted by atomic mass is 32.2. The summed E-state index contributed by atoms with van der Waals surface area (Å²) in [6.07, 6.45) is 1.52. The monoisotopic (exact) mass is 385 g/mol. The highest BCUT2D eigenvalue weighted by Gasteiger charge is 2.15. The largest absolute Gasteiger partial charge is 0.497 e. The van der Waals surface area contributed by atoms with Crippen LogP contribution < -0.4 is 10.1 Å². The molecule has 2 aromatic carbocycles. The van der Waals surface area contributed by atoms with E-state index >= 15 is 0 Å². The van der Waals surface area contributed by atoms with Gasteiger partial charge in [-0.25, -0.2) is 4.39 Å². The average Bonchev–Trinajstić information content (AvgIpc) is 3.19. The van der Waals surface area contributed by atoms with Crippen LogP contribution in [0, 0.1) is 5.82 Å². The molecule has 27 heavy (non-hydrogen) atoms. The molecule has 1 amide bonds. The van der Waals surface area contributed by atoms with E-state index in [0.717, 1.165) is 11.3 Å². The Bertz CT molecular complexity index is 896. The normalized spacial score (nSPS) is 10.6. The Kier molecular flexibility index (Phi) is 6.49. The van der Waals surface area contributed by atoms with Crippen LogP contribution in [-0.4, -0.2) is 35.5 Å². The molecule has 3 aromatic rings. The summed E-state index contributed by atoms with van der Waals surface area (Å²) in [5.74, 6) is 1.62. The number of nitrogens with zero attached hydrogens (tertiary/aromatic N) is 1. The van der Waals surface area contributed by atoms with E-state index in [4.69, 9.17) is 4.74 Å². The molecule has 0 aliphatic rings. The molecular formula is C20H20FN3O2S. The van der Waals surface area contributed by atoms with Gasteiger partial charge in [0, 0.05) is 23.6 Å². The van der Waals surface area contributed by atoms with Crippen molar-refractivity contribution in [3.05, 3.63) is 71.7 Å². The van der Waals surface area contributed by atoms with Crippen molar-refractivity contribution in [2.24, 2.45) is 0 Å². The number of aromatic amines is 1. The first-order valence-corrected chi connectivity index (χ1v) is 9.61. The van der Waals surface area contributed by atoms with Crippen molar-refractivity contribution in [3.63, 3.8) is 0 Å². The van der Waals surface area contributed by atoms with Gasteiger partial charge in [0.2, 0.25) is 0 Å². The Morgan fingerprint density at radius 1 is 1.22 bits per heavy atom. The summed E-state index contributed by atoms with van der Waals surface area (Å²) in [6, 6.07) is 14.1. The van der Waals surface area contributed by atoms with E-state index in [1.807, 2.05) is 30.3 Å². The number of halogens is 1. The van der Waals surface area contributed by atoms with Crippen LogP contribution in [0.3, 0.4) is 0 Å². The lowest BCUT2D eigenvalue weighted by Gasteiger charge is -2.07. The number of carbonyl (C=O) groups is 1. The molecule has 0 saturated carbocycles. The van der Waals surface area contributed by atoms with Crippen molar-refractivity contribution in [1.82, 2.24) is 15.5 Å². The van der Waals surface area contributed by atoms with Crippen molar-refractivity contribution in [2.75, 3.05) is 19.4 Å². The summed E-state index contributed by atoms with van der Waals surface area (Å²) >= 11 is 1.57. The molecule has 0 aliphatic heterocycles. The third kappa shape index (κ3) is 4.89. The average molecular weight is 385 g/mol. The number of hydrogen-bond donors (Lipinski definition) is 2. The number of H-pyrrole nitrogens is 1. The maximum atomic E-state index is 13.6. The summed E-state index contributed by atoms with van der Waals surface area (Å²) in [6.45, 7) is 0.491. The quantitative estimate of drug-likeness (QED) is 0.578. The van der Waals surface area contributed by atoms with E-state index in [0.29, 0.717) is 34.9 Å². The molecule has 0 atom stereocenters. The first kappa shape index (κ1) is 19.0. The molecule has 0 fully saturated rings. The van der Waals surface area contributed by atoms with Crippen LogP contribution in [0.25, 0.3) is 11.3 Å². The molecular weight excluding hydrogens is 365 g/mol. The number of rotatable bonds is 8. The topological polar surface area (TPSA) is 67.0 Å². The summed E-state index contributed by atoms with van der Waals surface area (Å²) in [5.41, 5.74) is 2.67. The second kappa shape index (κ2) is 9.23. The third-order valence-electron chi connectivity index (χ3n) is 4.01. The molecule has 140 valence electrons. The standard InChI is InChI=1S/C20H20FN3O2S/c1-26-16-8-6-14(7-9-16)19-17(12-23-24-19)20(25)22-10-11-27-13-15-4-2-3-5-18(15)21/h2-9,12H,10-11,13H2,1H3,(H,22,25)(H,23,24). The zero-order valence-corrected chi connectivity index (χ0v) is 15.7. The predicted octanol–water partition coefficient (Wildman–Crippen LogP) is 3.89. The van der Waals surface area contributed by atoms with Gasteiger partial charge >= 0.3 is 0 Å². The fourth-order valence-corrected chi connectivity index (χ4v) is 3.41. The van der Waals surface area contributed by atoms with E-state index in [1.165, 1.54) is 12.3 Å². The molecule has 0 spiro atoms. The van der Waals surface area contributed by atoms with E-state index in [2.05, 4.69) is 15.5 Å². The van der Waals surface area contributed by atoms with Crippen LogP contribution in [0.5, 0.6) is 5.75 Å². The zero-order chi connectivity index (χ0) is 19.1. The van der Waals surface area contributed by atoms with Crippen LogP contribution in [0.1, 0.15) is 15.9 Å². The van der Waals surface area contributed by atoms with E-state index in [9.17, 15) is 9.18 Å². The number of methoxy groups -OCH3 is 1. The Hall–Kier alpha value is -2.80. The van der Waals surface area contributed by atoms with Crippen LogP contribution >= 0.6 is 11.8 Å². The second-order valence-electron chi connectivity index (χ2n) is 5.79. The molecule has 0 unspecified atom stereocenters. The molecule has 7 heteroatoms. The van der Waals surface area contributed by atoms with Crippen molar-refractivity contribution in [2.45, 2.75) is 5.75 Å². The molecule has 1 aromatic heterocycles. The molecule has 0 radical (unpaired) electrons. The number of nitrogens with one attached hydrogen (secondary N) is 2. The SMILES string of the molecule is COc1ccc(-c2[nH]ncc2C(=O)NCCSCc2ccccc2F)cc1. The van der Waals surface area contributed by atoms with Gasteiger partial charge < -0.3 is 10.1 Å². The zero-order valence-electron chi connectivity index (χ0n) is 14.9. The van der Waals surface area contributed by atoms with Crippen molar-refractivity contribution < 1.29 is 13.9 Å². The van der Waals surface area contributed by atoms with E-state index < -0.39 is 0 Å². The molecule has 5 nitrogen and oxygen atoms in total. The predicted molar refractivity (Wildman–Crippen MR) is 105 cm³/mol. The lowest BCUT2D eigenvalue weighted by Crippen LogP contribution is -2.25. The van der Waals surface area contributed by atoms with E-state index in [1.54, 1.807) is 31.0 Å². The fraction of sp³-hybridized carbons (Fsp3) is 0.200. The summed E-state index contributed by atoms with van der Waals surface area (Å²) in [7, 11) is 1.61. The van der Waals surface area contributed by atoms with Gasteiger partial charge in [0.1, 0.15) is 11.6 Å². The molecule has 3 rings (SSSR count). The van der Waals surface area contributed by atoms with Gasteiger partial charge in [-0.1, -0.05) is 18.2 Å². The van der Waals surface area contributed by atoms with Crippen LogP contribution in [0.4, 0.5) is 4.39 Å². The Balaban J connectivity index is 1.51. The van der Waals surface area contributed by atoms with Crippen molar-refractivity contribution in [3.8, 4) is 17.0 Å². The number of aromatic nitrogens is 2. The summed E-state index contributed by atoms with van der Waals surface area (Å²) in [4.78, 5) is 12.4. The first-order valence-electron chi connectivity index (χ1n) is 8.46. The lowest BCUT2D eigenvalue weighted by molar-refractivity contribution is 0.0957. The maximum Gasteiger partial charge on any atom is 0.255 e. The van der Waals surface area contributed by atoms with Gasteiger partial charge in [-0.15, -0.1) is 0 Å². The number of thioether (sulfide) groups is 1. The highest BCUT2D eigenvalue weighted by Crippen LogP contribution is 2.23. The van der Waals surface area contributed by atoms with Crippen LogP contribution in [-0.2, 0) is 5.75 Å². The minimum atomic E-state index is -0.198. The first-order chi connectivity index (χ1) is 13.2. The lowest BCUT2D eigenvalue weighted by atomic mass is 10.1. The van der Waals surface area contributed by atoms with Crippen molar-refractivity contribution in [1.29, 1.82) is 0 Å².